The van der Waals surface area contributed by atoms with E-state index < -0.39 is 0 Å². The van der Waals surface area contributed by atoms with E-state index in [0.717, 1.165) is 18.5 Å². The first kappa shape index (κ1) is 12.8. The van der Waals surface area contributed by atoms with Crippen LogP contribution in [0.2, 0.25) is 0 Å². The Morgan fingerprint density at radius 2 is 2.17 bits per heavy atom. The van der Waals surface area contributed by atoms with Gasteiger partial charge >= 0.3 is 0 Å². The smallest absolute Gasteiger partial charge is 0.224 e. The van der Waals surface area contributed by atoms with E-state index in [4.69, 9.17) is 4.74 Å². The standard InChI is InChI=1S/C15H19NO2/c1-13(16-11-5-10-15(16)17)18-12-6-9-14-7-3-2-4-8-14/h2-4,6-9,13H,5,10-12H2,1H3. The minimum Gasteiger partial charge on any atom is -0.355 e. The van der Waals surface area contributed by atoms with Crippen LogP contribution < -0.4 is 0 Å². The number of likely N-dealkylation sites (tertiary alicyclic amines) is 1. The minimum atomic E-state index is -0.125. The highest BCUT2D eigenvalue weighted by Crippen LogP contribution is 2.14. The van der Waals surface area contributed by atoms with Gasteiger partial charge in [-0.15, -0.1) is 0 Å². The summed E-state index contributed by atoms with van der Waals surface area (Å²) >= 11 is 0. The second-order valence-corrected chi connectivity index (χ2v) is 4.44. The number of amides is 1. The lowest BCUT2D eigenvalue weighted by Crippen LogP contribution is -2.35. The number of nitrogens with zero attached hydrogens (tertiary/aromatic N) is 1. The number of benzene rings is 1. The van der Waals surface area contributed by atoms with Crippen molar-refractivity contribution in [1.29, 1.82) is 0 Å². The molecule has 3 heteroatoms. The first-order valence-electron chi connectivity index (χ1n) is 6.40. The molecule has 1 heterocycles. The van der Waals surface area contributed by atoms with Gasteiger partial charge in [0.1, 0.15) is 6.23 Å². The van der Waals surface area contributed by atoms with E-state index in [1.165, 1.54) is 0 Å². The molecular weight excluding hydrogens is 226 g/mol. The lowest BCUT2D eigenvalue weighted by molar-refractivity contribution is -0.138. The maximum atomic E-state index is 11.5. The largest absolute Gasteiger partial charge is 0.355 e. The van der Waals surface area contributed by atoms with Crippen molar-refractivity contribution in [2.24, 2.45) is 0 Å². The molecule has 0 N–H and O–H groups in total. The molecule has 2 rings (SSSR count). The quantitative estimate of drug-likeness (QED) is 0.798. The molecule has 1 unspecified atom stereocenters. The molecule has 0 radical (unpaired) electrons. The summed E-state index contributed by atoms with van der Waals surface area (Å²) < 4.78 is 5.64. The molecule has 0 saturated carbocycles. The second-order valence-electron chi connectivity index (χ2n) is 4.44. The van der Waals surface area contributed by atoms with Gasteiger partial charge in [0.05, 0.1) is 6.61 Å². The average Bonchev–Trinajstić information content (AvgIpc) is 2.82. The summed E-state index contributed by atoms with van der Waals surface area (Å²) in [6.07, 6.45) is 5.49. The molecule has 18 heavy (non-hydrogen) atoms. The fourth-order valence-electron chi connectivity index (χ4n) is 2.09. The number of ether oxygens (including phenoxy) is 1. The van der Waals surface area contributed by atoms with Crippen LogP contribution in [0.3, 0.4) is 0 Å². The molecule has 1 aromatic rings. The molecule has 3 nitrogen and oxygen atoms in total. The topological polar surface area (TPSA) is 29.5 Å². The van der Waals surface area contributed by atoms with Gasteiger partial charge in [-0.2, -0.15) is 0 Å². The predicted octanol–water partition coefficient (Wildman–Crippen LogP) is 2.68. The maximum absolute atomic E-state index is 11.5. The van der Waals surface area contributed by atoms with Gasteiger partial charge in [-0.25, -0.2) is 0 Å². The van der Waals surface area contributed by atoms with Gasteiger partial charge < -0.3 is 9.64 Å². The molecule has 0 spiro atoms. The van der Waals surface area contributed by atoms with Crippen molar-refractivity contribution in [2.75, 3.05) is 13.2 Å². The van der Waals surface area contributed by atoms with E-state index in [9.17, 15) is 4.79 Å². The summed E-state index contributed by atoms with van der Waals surface area (Å²) in [5.41, 5.74) is 1.16. The molecule has 1 atom stereocenters. The van der Waals surface area contributed by atoms with Crippen LogP contribution >= 0.6 is 0 Å². The molecule has 1 fully saturated rings. The summed E-state index contributed by atoms with van der Waals surface area (Å²) in [5, 5.41) is 0. The Morgan fingerprint density at radius 3 is 2.83 bits per heavy atom. The van der Waals surface area contributed by atoms with Gasteiger partial charge in [0, 0.05) is 13.0 Å². The number of hydrogen-bond donors (Lipinski definition) is 0. The van der Waals surface area contributed by atoms with Crippen LogP contribution in [-0.2, 0) is 9.53 Å². The Morgan fingerprint density at radius 1 is 1.39 bits per heavy atom. The third kappa shape index (κ3) is 3.44. The van der Waals surface area contributed by atoms with E-state index in [-0.39, 0.29) is 12.1 Å². The van der Waals surface area contributed by atoms with Crippen molar-refractivity contribution in [3.63, 3.8) is 0 Å². The monoisotopic (exact) mass is 245 g/mol. The lowest BCUT2D eigenvalue weighted by atomic mass is 10.2. The maximum Gasteiger partial charge on any atom is 0.224 e. The molecule has 1 aromatic carbocycles. The van der Waals surface area contributed by atoms with Gasteiger partial charge in [0.15, 0.2) is 0 Å². The molecule has 0 aromatic heterocycles. The fourth-order valence-corrected chi connectivity index (χ4v) is 2.09. The Labute approximate surface area is 108 Å². The Kier molecular flexibility index (Phi) is 4.53. The van der Waals surface area contributed by atoms with E-state index in [1.54, 1.807) is 4.90 Å². The third-order valence-corrected chi connectivity index (χ3v) is 3.09. The Balaban J connectivity index is 1.75. The van der Waals surface area contributed by atoms with Crippen molar-refractivity contribution in [1.82, 2.24) is 4.90 Å². The van der Waals surface area contributed by atoms with Crippen LogP contribution in [0.5, 0.6) is 0 Å². The SMILES string of the molecule is CC(OCC=Cc1ccccc1)N1CCCC1=O. The zero-order valence-corrected chi connectivity index (χ0v) is 10.7. The summed E-state index contributed by atoms with van der Waals surface area (Å²) in [5.74, 6) is 0.203. The molecule has 0 bridgehead atoms. The molecule has 1 aliphatic heterocycles. The summed E-state index contributed by atoms with van der Waals surface area (Å²) in [6, 6.07) is 10.1. The summed E-state index contributed by atoms with van der Waals surface area (Å²) in [4.78, 5) is 13.3. The molecule has 1 saturated heterocycles. The number of hydrogen-bond acceptors (Lipinski definition) is 2. The summed E-state index contributed by atoms with van der Waals surface area (Å²) in [6.45, 7) is 3.28. The van der Waals surface area contributed by atoms with Crippen molar-refractivity contribution >= 4 is 12.0 Å². The zero-order valence-electron chi connectivity index (χ0n) is 10.7. The highest BCUT2D eigenvalue weighted by atomic mass is 16.5. The molecular formula is C15H19NO2. The van der Waals surface area contributed by atoms with Gasteiger partial charge in [0.2, 0.25) is 5.91 Å². The van der Waals surface area contributed by atoms with Gasteiger partial charge in [-0.3, -0.25) is 4.79 Å². The molecule has 1 amide bonds. The number of carbonyl (C=O) groups is 1. The summed E-state index contributed by atoms with van der Waals surface area (Å²) in [7, 11) is 0. The predicted molar refractivity (Wildman–Crippen MR) is 71.8 cm³/mol. The van der Waals surface area contributed by atoms with Crippen LogP contribution in [0.4, 0.5) is 0 Å². The second kappa shape index (κ2) is 6.36. The number of rotatable bonds is 5. The Bertz CT molecular complexity index is 414. The number of carbonyl (C=O) groups excluding carboxylic acids is 1. The van der Waals surface area contributed by atoms with Gasteiger partial charge in [-0.1, -0.05) is 42.5 Å². The van der Waals surface area contributed by atoms with Crippen LogP contribution in [0, 0.1) is 0 Å². The minimum absolute atomic E-state index is 0.125. The van der Waals surface area contributed by atoms with Crippen molar-refractivity contribution in [3.05, 3.63) is 42.0 Å². The molecule has 96 valence electrons. The lowest BCUT2D eigenvalue weighted by Gasteiger charge is -2.23. The first-order chi connectivity index (χ1) is 8.77. The van der Waals surface area contributed by atoms with Crippen molar-refractivity contribution in [2.45, 2.75) is 26.0 Å². The zero-order chi connectivity index (χ0) is 12.8. The van der Waals surface area contributed by atoms with E-state index in [2.05, 4.69) is 0 Å². The van der Waals surface area contributed by atoms with Gasteiger partial charge in [0.25, 0.3) is 0 Å². The Hall–Kier alpha value is -1.61. The highest BCUT2D eigenvalue weighted by molar-refractivity contribution is 5.78. The third-order valence-electron chi connectivity index (χ3n) is 3.09. The van der Waals surface area contributed by atoms with E-state index in [1.807, 2.05) is 49.4 Å². The first-order valence-corrected chi connectivity index (χ1v) is 6.40. The van der Waals surface area contributed by atoms with E-state index in [0.29, 0.717) is 13.0 Å². The van der Waals surface area contributed by atoms with Crippen LogP contribution in [0.25, 0.3) is 6.08 Å². The normalized spacial score (nSPS) is 17.6. The van der Waals surface area contributed by atoms with Crippen LogP contribution in [0.15, 0.2) is 36.4 Å². The fraction of sp³-hybridized carbons (Fsp3) is 0.400. The van der Waals surface area contributed by atoms with Crippen molar-refractivity contribution in [3.8, 4) is 0 Å². The molecule has 1 aliphatic rings. The molecule has 0 aliphatic carbocycles. The van der Waals surface area contributed by atoms with Crippen molar-refractivity contribution < 1.29 is 9.53 Å². The highest BCUT2D eigenvalue weighted by Gasteiger charge is 2.24. The van der Waals surface area contributed by atoms with Crippen LogP contribution in [0.1, 0.15) is 25.3 Å². The average molecular weight is 245 g/mol. The van der Waals surface area contributed by atoms with E-state index >= 15 is 0 Å². The van der Waals surface area contributed by atoms with Gasteiger partial charge in [-0.05, 0) is 18.9 Å². The van der Waals surface area contributed by atoms with Crippen LogP contribution in [-0.4, -0.2) is 30.2 Å².